The molecule has 136 valence electrons. The first-order valence-corrected chi connectivity index (χ1v) is 11.1. The molecular formula is C18H36O4Si. The van der Waals surface area contributed by atoms with Crippen molar-refractivity contribution in [2.45, 2.75) is 78.7 Å². The van der Waals surface area contributed by atoms with Crippen LogP contribution in [0.5, 0.6) is 0 Å². The Balaban J connectivity index is 4.65. The van der Waals surface area contributed by atoms with Crippen LogP contribution in [0.4, 0.5) is 0 Å². The molecule has 0 aromatic heterocycles. The van der Waals surface area contributed by atoms with Gasteiger partial charge in [-0.2, -0.15) is 0 Å². The highest BCUT2D eigenvalue weighted by atomic mass is 28.4. The van der Waals surface area contributed by atoms with Crippen LogP contribution in [0, 0.1) is 0 Å². The predicted molar refractivity (Wildman–Crippen MR) is 98.6 cm³/mol. The molecule has 0 aliphatic heterocycles. The zero-order valence-corrected chi connectivity index (χ0v) is 16.8. The molecule has 5 heteroatoms. The van der Waals surface area contributed by atoms with E-state index in [1.54, 1.807) is 12.5 Å². The van der Waals surface area contributed by atoms with E-state index in [2.05, 4.69) is 13.8 Å². The average molecular weight is 345 g/mol. The standard InChI is InChI=1S/C18H36O4Si/c1-7-13-19-17(5)11-15-23(21-9-3,22-10-4)16-12-18(6)20-14-8-2/h7-8,13-14,17-18H,9-12,15-16H2,1-6H3/b13-7-,14-8-. The quantitative estimate of drug-likeness (QED) is 0.322. The van der Waals surface area contributed by atoms with E-state index in [1.807, 2.05) is 39.8 Å². The zero-order chi connectivity index (χ0) is 17.6. The number of ether oxygens (including phenoxy) is 2. The van der Waals surface area contributed by atoms with Gasteiger partial charge in [-0.05, 0) is 66.5 Å². The van der Waals surface area contributed by atoms with Gasteiger partial charge in [0, 0.05) is 13.2 Å². The molecule has 0 aliphatic carbocycles. The number of hydrogen-bond donors (Lipinski definition) is 0. The maximum Gasteiger partial charge on any atom is 0.338 e. The maximum absolute atomic E-state index is 6.15. The summed E-state index contributed by atoms with van der Waals surface area (Å²) in [6.45, 7) is 13.6. The molecule has 0 rings (SSSR count). The molecule has 0 fully saturated rings. The second kappa shape index (κ2) is 13.6. The molecule has 0 heterocycles. The highest BCUT2D eigenvalue weighted by Gasteiger charge is 2.37. The lowest BCUT2D eigenvalue weighted by molar-refractivity contribution is 0.132. The Kier molecular flexibility index (Phi) is 13.2. The Morgan fingerprint density at radius 1 is 0.783 bits per heavy atom. The molecular weight excluding hydrogens is 308 g/mol. The number of rotatable bonds is 14. The summed E-state index contributed by atoms with van der Waals surface area (Å²) in [5.41, 5.74) is 0. The summed E-state index contributed by atoms with van der Waals surface area (Å²) in [6, 6.07) is 1.90. The van der Waals surface area contributed by atoms with E-state index in [0.29, 0.717) is 13.2 Å². The first-order chi connectivity index (χ1) is 11.0. The van der Waals surface area contributed by atoms with E-state index in [9.17, 15) is 0 Å². The van der Waals surface area contributed by atoms with Gasteiger partial charge in [-0.25, -0.2) is 0 Å². The van der Waals surface area contributed by atoms with Crippen LogP contribution in [0.3, 0.4) is 0 Å². The van der Waals surface area contributed by atoms with Gasteiger partial charge in [0.05, 0.1) is 24.7 Å². The van der Waals surface area contributed by atoms with E-state index < -0.39 is 8.56 Å². The molecule has 0 aliphatic rings. The van der Waals surface area contributed by atoms with Crippen LogP contribution in [0.1, 0.15) is 54.4 Å². The normalized spacial score (nSPS) is 15.2. The summed E-state index contributed by atoms with van der Waals surface area (Å²) in [5.74, 6) is 0. The second-order valence-corrected chi connectivity index (χ2v) is 9.09. The van der Waals surface area contributed by atoms with Crippen molar-refractivity contribution in [1.29, 1.82) is 0 Å². The zero-order valence-electron chi connectivity index (χ0n) is 15.8. The van der Waals surface area contributed by atoms with Crippen molar-refractivity contribution in [3.8, 4) is 0 Å². The van der Waals surface area contributed by atoms with Crippen molar-refractivity contribution in [3.05, 3.63) is 24.7 Å². The molecule has 23 heavy (non-hydrogen) atoms. The van der Waals surface area contributed by atoms with Gasteiger partial charge in [-0.1, -0.05) is 12.2 Å². The van der Waals surface area contributed by atoms with Gasteiger partial charge in [-0.15, -0.1) is 0 Å². The van der Waals surface area contributed by atoms with E-state index in [4.69, 9.17) is 18.3 Å². The third-order valence-electron chi connectivity index (χ3n) is 3.57. The fraction of sp³-hybridized carbons (Fsp3) is 0.778. The van der Waals surface area contributed by atoms with E-state index in [1.165, 1.54) is 0 Å². The van der Waals surface area contributed by atoms with Crippen LogP contribution in [-0.2, 0) is 18.3 Å². The molecule has 0 aromatic rings. The lowest BCUT2D eigenvalue weighted by Crippen LogP contribution is -2.43. The monoisotopic (exact) mass is 344 g/mol. The maximum atomic E-state index is 6.15. The Morgan fingerprint density at radius 3 is 1.48 bits per heavy atom. The Labute approximate surface area is 144 Å². The highest BCUT2D eigenvalue weighted by molar-refractivity contribution is 6.67. The fourth-order valence-corrected chi connectivity index (χ4v) is 6.04. The smallest absolute Gasteiger partial charge is 0.338 e. The summed E-state index contributed by atoms with van der Waals surface area (Å²) in [7, 11) is -2.21. The lowest BCUT2D eigenvalue weighted by Gasteiger charge is -2.31. The molecule has 0 radical (unpaired) electrons. The summed E-state index contributed by atoms with van der Waals surface area (Å²) in [4.78, 5) is 0. The molecule has 0 N–H and O–H groups in total. The molecule has 2 atom stereocenters. The SMILES string of the molecule is C/C=C\OC(C)CC[Si](CCC(C)O/C=C\C)(OCC)OCC. The molecule has 0 bridgehead atoms. The Morgan fingerprint density at radius 2 is 1.17 bits per heavy atom. The number of allylic oxidation sites excluding steroid dienone is 2. The summed E-state index contributed by atoms with van der Waals surface area (Å²) >= 11 is 0. The van der Waals surface area contributed by atoms with Crippen molar-refractivity contribution in [3.63, 3.8) is 0 Å². The molecule has 0 spiro atoms. The van der Waals surface area contributed by atoms with Crippen LogP contribution < -0.4 is 0 Å². The minimum atomic E-state index is -2.21. The van der Waals surface area contributed by atoms with Gasteiger partial charge in [0.1, 0.15) is 0 Å². The largest absolute Gasteiger partial charge is 0.499 e. The second-order valence-electron chi connectivity index (χ2n) is 5.69. The van der Waals surface area contributed by atoms with Crippen molar-refractivity contribution in [1.82, 2.24) is 0 Å². The molecule has 0 saturated carbocycles. The van der Waals surface area contributed by atoms with Gasteiger partial charge < -0.3 is 18.3 Å². The molecule has 0 saturated heterocycles. The topological polar surface area (TPSA) is 36.9 Å². The fourth-order valence-electron chi connectivity index (χ4n) is 2.39. The van der Waals surface area contributed by atoms with Crippen molar-refractivity contribution in [2.24, 2.45) is 0 Å². The first kappa shape index (κ1) is 22.2. The third kappa shape index (κ3) is 10.6. The van der Waals surface area contributed by atoms with Crippen molar-refractivity contribution < 1.29 is 18.3 Å². The van der Waals surface area contributed by atoms with Gasteiger partial charge >= 0.3 is 8.56 Å². The minimum absolute atomic E-state index is 0.177. The van der Waals surface area contributed by atoms with Crippen LogP contribution >= 0.6 is 0 Å². The Bertz CT molecular complexity index is 299. The van der Waals surface area contributed by atoms with Crippen LogP contribution in [0.25, 0.3) is 0 Å². The Hall–Kier alpha value is -0.783. The number of hydrogen-bond acceptors (Lipinski definition) is 4. The van der Waals surface area contributed by atoms with Gasteiger partial charge in [0.25, 0.3) is 0 Å². The predicted octanol–water partition coefficient (Wildman–Crippen LogP) is 5.16. The van der Waals surface area contributed by atoms with Crippen molar-refractivity contribution >= 4 is 8.56 Å². The van der Waals surface area contributed by atoms with E-state index in [0.717, 1.165) is 24.9 Å². The van der Waals surface area contributed by atoms with Gasteiger partial charge in [0.15, 0.2) is 0 Å². The van der Waals surface area contributed by atoms with E-state index >= 15 is 0 Å². The highest BCUT2D eigenvalue weighted by Crippen LogP contribution is 2.26. The third-order valence-corrected chi connectivity index (χ3v) is 7.30. The lowest BCUT2D eigenvalue weighted by atomic mass is 10.3. The van der Waals surface area contributed by atoms with Gasteiger partial charge in [-0.3, -0.25) is 0 Å². The summed E-state index contributed by atoms with van der Waals surface area (Å²) in [6.07, 6.45) is 9.57. The molecule has 0 amide bonds. The van der Waals surface area contributed by atoms with Crippen LogP contribution in [0.2, 0.25) is 12.1 Å². The average Bonchev–Trinajstić information content (AvgIpc) is 2.54. The van der Waals surface area contributed by atoms with Crippen molar-refractivity contribution in [2.75, 3.05) is 13.2 Å². The van der Waals surface area contributed by atoms with E-state index in [-0.39, 0.29) is 12.2 Å². The summed E-state index contributed by atoms with van der Waals surface area (Å²) in [5, 5.41) is 0. The molecule has 0 aromatic carbocycles. The van der Waals surface area contributed by atoms with Crippen LogP contribution in [-0.4, -0.2) is 34.0 Å². The molecule has 4 nitrogen and oxygen atoms in total. The summed E-state index contributed by atoms with van der Waals surface area (Å²) < 4.78 is 23.5. The van der Waals surface area contributed by atoms with Gasteiger partial charge in [0.2, 0.25) is 0 Å². The van der Waals surface area contributed by atoms with Crippen LogP contribution in [0.15, 0.2) is 24.7 Å². The molecule has 2 unspecified atom stereocenters. The first-order valence-electron chi connectivity index (χ1n) is 8.84. The minimum Gasteiger partial charge on any atom is -0.499 e.